The molecule has 0 spiro atoms. The van der Waals surface area contributed by atoms with Crippen molar-refractivity contribution < 1.29 is 13.5 Å². The molecule has 1 rings (SSSR count). The van der Waals surface area contributed by atoms with E-state index in [1.807, 2.05) is 26.8 Å². The molecule has 0 aliphatic carbocycles. The topological polar surface area (TPSA) is 9.23 Å². The summed E-state index contributed by atoms with van der Waals surface area (Å²) in [6.07, 6.45) is 0. The molecule has 0 heterocycles. The number of halogens is 3. The predicted molar refractivity (Wildman–Crippen MR) is 59.5 cm³/mol. The Morgan fingerprint density at radius 3 is 2.27 bits per heavy atom. The molecule has 0 atom stereocenters. The third-order valence-corrected chi connectivity index (χ3v) is 2.42. The quantitative estimate of drug-likeness (QED) is 0.782. The van der Waals surface area contributed by atoms with Gasteiger partial charge in [-0.3, -0.25) is 0 Å². The summed E-state index contributed by atoms with van der Waals surface area (Å²) in [7, 11) is 0. The standard InChI is InChI=1S/C11H13BrF2O/c1-11(2,3)7-4-8(12)6-9(5-7)15-10(13)14/h4-6,10H,1-3H3. The molecule has 0 unspecified atom stereocenters. The number of hydrogen-bond acceptors (Lipinski definition) is 1. The summed E-state index contributed by atoms with van der Waals surface area (Å²) in [5.74, 6) is 0.185. The first-order valence-electron chi connectivity index (χ1n) is 4.55. The van der Waals surface area contributed by atoms with Crippen LogP contribution >= 0.6 is 15.9 Å². The summed E-state index contributed by atoms with van der Waals surface area (Å²) in [6.45, 7) is 3.26. The van der Waals surface area contributed by atoms with Crippen molar-refractivity contribution in [1.82, 2.24) is 0 Å². The zero-order valence-corrected chi connectivity index (χ0v) is 10.4. The van der Waals surface area contributed by atoms with Crippen LogP contribution in [0.15, 0.2) is 22.7 Å². The molecular weight excluding hydrogens is 266 g/mol. The fraction of sp³-hybridized carbons (Fsp3) is 0.455. The smallest absolute Gasteiger partial charge is 0.387 e. The zero-order chi connectivity index (χ0) is 11.6. The molecule has 1 aromatic rings. The Balaban J connectivity index is 3.06. The summed E-state index contributed by atoms with van der Waals surface area (Å²) in [5, 5.41) is 0. The van der Waals surface area contributed by atoms with Crippen molar-refractivity contribution in [2.24, 2.45) is 0 Å². The minimum Gasteiger partial charge on any atom is -0.435 e. The predicted octanol–water partition coefficient (Wildman–Crippen LogP) is 4.35. The van der Waals surface area contributed by atoms with Gasteiger partial charge in [-0.15, -0.1) is 0 Å². The Kier molecular flexibility index (Phi) is 3.71. The van der Waals surface area contributed by atoms with E-state index in [2.05, 4.69) is 20.7 Å². The van der Waals surface area contributed by atoms with E-state index in [1.165, 1.54) is 6.07 Å². The highest BCUT2D eigenvalue weighted by Crippen LogP contribution is 2.30. The first kappa shape index (κ1) is 12.4. The first-order chi connectivity index (χ1) is 6.79. The van der Waals surface area contributed by atoms with Gasteiger partial charge in [0.1, 0.15) is 5.75 Å². The molecule has 0 aromatic heterocycles. The monoisotopic (exact) mass is 278 g/mol. The lowest BCUT2D eigenvalue weighted by atomic mass is 9.87. The Labute approximate surface area is 96.6 Å². The van der Waals surface area contributed by atoms with Crippen LogP contribution in [0.1, 0.15) is 26.3 Å². The number of benzene rings is 1. The van der Waals surface area contributed by atoms with Crippen LogP contribution in [0, 0.1) is 0 Å². The van der Waals surface area contributed by atoms with E-state index >= 15 is 0 Å². The van der Waals surface area contributed by atoms with Crippen molar-refractivity contribution in [3.05, 3.63) is 28.2 Å². The maximum atomic E-state index is 12.0. The van der Waals surface area contributed by atoms with Gasteiger partial charge in [0, 0.05) is 4.47 Å². The van der Waals surface area contributed by atoms with Gasteiger partial charge in [0.25, 0.3) is 0 Å². The molecule has 1 aromatic carbocycles. The molecule has 0 saturated heterocycles. The Morgan fingerprint density at radius 1 is 1.20 bits per heavy atom. The number of hydrogen-bond donors (Lipinski definition) is 0. The van der Waals surface area contributed by atoms with E-state index in [4.69, 9.17) is 0 Å². The highest BCUT2D eigenvalue weighted by molar-refractivity contribution is 9.10. The summed E-state index contributed by atoms with van der Waals surface area (Å²) in [4.78, 5) is 0. The van der Waals surface area contributed by atoms with E-state index in [1.54, 1.807) is 6.07 Å². The average Bonchev–Trinajstić information content (AvgIpc) is 1.99. The van der Waals surface area contributed by atoms with Gasteiger partial charge in [-0.1, -0.05) is 36.7 Å². The van der Waals surface area contributed by atoms with Crippen LogP contribution in [-0.4, -0.2) is 6.61 Å². The van der Waals surface area contributed by atoms with Crippen LogP contribution in [0.3, 0.4) is 0 Å². The molecule has 15 heavy (non-hydrogen) atoms. The SMILES string of the molecule is CC(C)(C)c1cc(Br)cc(OC(F)F)c1. The summed E-state index contributed by atoms with van der Waals surface area (Å²) >= 11 is 3.27. The summed E-state index contributed by atoms with van der Waals surface area (Å²) in [6, 6.07) is 5.07. The molecule has 0 aliphatic rings. The molecule has 84 valence electrons. The molecule has 0 saturated carbocycles. The second kappa shape index (κ2) is 4.47. The maximum Gasteiger partial charge on any atom is 0.387 e. The van der Waals surface area contributed by atoms with Crippen molar-refractivity contribution >= 4 is 15.9 Å². The van der Waals surface area contributed by atoms with E-state index in [-0.39, 0.29) is 11.2 Å². The van der Waals surface area contributed by atoms with E-state index in [0.717, 1.165) is 10.0 Å². The third-order valence-electron chi connectivity index (χ3n) is 1.96. The number of rotatable bonds is 2. The van der Waals surface area contributed by atoms with Crippen molar-refractivity contribution in [3.8, 4) is 5.75 Å². The van der Waals surface area contributed by atoms with E-state index in [9.17, 15) is 8.78 Å². The van der Waals surface area contributed by atoms with Gasteiger partial charge in [0.2, 0.25) is 0 Å². The highest BCUT2D eigenvalue weighted by Gasteiger charge is 2.16. The zero-order valence-electron chi connectivity index (χ0n) is 8.85. The molecule has 0 fully saturated rings. The van der Waals surface area contributed by atoms with Gasteiger partial charge in [-0.05, 0) is 29.2 Å². The average molecular weight is 279 g/mol. The van der Waals surface area contributed by atoms with Crippen LogP contribution in [0.4, 0.5) is 8.78 Å². The van der Waals surface area contributed by atoms with Gasteiger partial charge < -0.3 is 4.74 Å². The van der Waals surface area contributed by atoms with Gasteiger partial charge in [-0.2, -0.15) is 8.78 Å². The minimum atomic E-state index is -2.79. The van der Waals surface area contributed by atoms with E-state index < -0.39 is 6.61 Å². The normalized spacial score (nSPS) is 11.9. The Morgan fingerprint density at radius 2 is 1.80 bits per heavy atom. The second-order valence-corrected chi connectivity index (χ2v) is 5.22. The minimum absolute atomic E-state index is 0.0932. The summed E-state index contributed by atoms with van der Waals surface area (Å²) < 4.78 is 29.2. The van der Waals surface area contributed by atoms with Crippen LogP contribution in [0.25, 0.3) is 0 Å². The van der Waals surface area contributed by atoms with Crippen molar-refractivity contribution in [1.29, 1.82) is 0 Å². The van der Waals surface area contributed by atoms with Crippen LogP contribution in [0.2, 0.25) is 0 Å². The largest absolute Gasteiger partial charge is 0.435 e. The van der Waals surface area contributed by atoms with E-state index in [0.29, 0.717) is 0 Å². The molecule has 4 heteroatoms. The molecule has 0 amide bonds. The van der Waals surface area contributed by atoms with Gasteiger partial charge in [0.05, 0.1) is 0 Å². The number of alkyl halides is 2. The lowest BCUT2D eigenvalue weighted by Gasteiger charge is -2.20. The van der Waals surface area contributed by atoms with Crippen LogP contribution in [0.5, 0.6) is 5.75 Å². The maximum absolute atomic E-state index is 12.0. The molecule has 0 aliphatic heterocycles. The third kappa shape index (κ3) is 3.78. The lowest BCUT2D eigenvalue weighted by Crippen LogP contribution is -2.12. The molecule has 0 radical (unpaired) electrons. The Bertz CT molecular complexity index is 345. The van der Waals surface area contributed by atoms with Gasteiger partial charge >= 0.3 is 6.61 Å². The van der Waals surface area contributed by atoms with Crippen molar-refractivity contribution in [3.63, 3.8) is 0 Å². The first-order valence-corrected chi connectivity index (χ1v) is 5.34. The molecule has 0 N–H and O–H groups in total. The fourth-order valence-corrected chi connectivity index (χ4v) is 1.64. The van der Waals surface area contributed by atoms with Crippen LogP contribution < -0.4 is 4.74 Å². The summed E-state index contributed by atoms with van der Waals surface area (Å²) in [5.41, 5.74) is 0.858. The van der Waals surface area contributed by atoms with Gasteiger partial charge in [-0.25, -0.2) is 0 Å². The lowest BCUT2D eigenvalue weighted by molar-refractivity contribution is -0.0499. The Hall–Kier alpha value is -0.640. The van der Waals surface area contributed by atoms with Gasteiger partial charge in [0.15, 0.2) is 0 Å². The highest BCUT2D eigenvalue weighted by atomic mass is 79.9. The fourth-order valence-electron chi connectivity index (χ4n) is 1.17. The van der Waals surface area contributed by atoms with Crippen LogP contribution in [-0.2, 0) is 5.41 Å². The second-order valence-electron chi connectivity index (χ2n) is 4.30. The number of ether oxygens (including phenoxy) is 1. The molecule has 0 bridgehead atoms. The van der Waals surface area contributed by atoms with Crippen molar-refractivity contribution in [2.75, 3.05) is 0 Å². The molecular formula is C11H13BrF2O. The van der Waals surface area contributed by atoms with Crippen molar-refractivity contribution in [2.45, 2.75) is 32.8 Å². The molecule has 1 nitrogen and oxygen atoms in total.